The highest BCUT2D eigenvalue weighted by molar-refractivity contribution is 6.32. The first-order valence-electron chi connectivity index (χ1n) is 3.83. The number of benzene rings is 1. The number of nitro groups is 1. The third kappa shape index (κ3) is 2.03. The molecule has 0 heterocycles. The van der Waals surface area contributed by atoms with Crippen molar-refractivity contribution in [1.29, 1.82) is 0 Å². The van der Waals surface area contributed by atoms with Crippen molar-refractivity contribution in [2.45, 2.75) is 6.42 Å². The van der Waals surface area contributed by atoms with E-state index in [2.05, 4.69) is 6.58 Å². The highest BCUT2D eigenvalue weighted by Crippen LogP contribution is 2.32. The second-order valence-corrected chi connectivity index (χ2v) is 3.09. The van der Waals surface area contributed by atoms with Gasteiger partial charge < -0.3 is 5.11 Å². The number of nitrogens with zero attached hydrogens (tertiary/aromatic N) is 1. The van der Waals surface area contributed by atoms with Gasteiger partial charge >= 0.3 is 0 Å². The molecule has 0 aliphatic rings. The van der Waals surface area contributed by atoms with Gasteiger partial charge in [0.15, 0.2) is 0 Å². The average molecular weight is 214 g/mol. The van der Waals surface area contributed by atoms with Crippen molar-refractivity contribution in [1.82, 2.24) is 0 Å². The molecule has 74 valence electrons. The minimum atomic E-state index is -0.558. The first-order chi connectivity index (χ1) is 6.56. The molecule has 0 saturated heterocycles. The standard InChI is InChI=1S/C9H8ClNO3/c1-2-3-6-4-7(11(13)14)5-8(10)9(6)12/h2,4-5,12H,1,3H2. The smallest absolute Gasteiger partial charge is 0.271 e. The van der Waals surface area contributed by atoms with Crippen LogP contribution in [0.4, 0.5) is 5.69 Å². The van der Waals surface area contributed by atoms with Gasteiger partial charge in [0.05, 0.1) is 9.95 Å². The number of halogens is 1. The number of hydrogen-bond acceptors (Lipinski definition) is 3. The molecule has 0 radical (unpaired) electrons. The largest absolute Gasteiger partial charge is 0.506 e. The Kier molecular flexibility index (Phi) is 3.09. The number of aromatic hydroxyl groups is 1. The summed E-state index contributed by atoms with van der Waals surface area (Å²) >= 11 is 5.61. The molecule has 0 saturated carbocycles. The quantitative estimate of drug-likeness (QED) is 0.477. The summed E-state index contributed by atoms with van der Waals surface area (Å²) in [7, 11) is 0. The van der Waals surface area contributed by atoms with E-state index in [1.54, 1.807) is 0 Å². The molecular formula is C9H8ClNO3. The molecule has 0 atom stereocenters. The molecule has 0 fully saturated rings. The zero-order valence-corrected chi connectivity index (χ0v) is 7.99. The van der Waals surface area contributed by atoms with Gasteiger partial charge in [-0.15, -0.1) is 6.58 Å². The lowest BCUT2D eigenvalue weighted by Gasteiger charge is -2.03. The summed E-state index contributed by atoms with van der Waals surface area (Å²) in [5.41, 5.74) is 0.267. The molecule has 1 aromatic rings. The lowest BCUT2D eigenvalue weighted by molar-refractivity contribution is -0.384. The Balaban J connectivity index is 3.27. The van der Waals surface area contributed by atoms with Crippen LogP contribution < -0.4 is 0 Å². The molecule has 14 heavy (non-hydrogen) atoms. The van der Waals surface area contributed by atoms with Crippen LogP contribution in [-0.2, 0) is 6.42 Å². The number of rotatable bonds is 3. The fourth-order valence-corrected chi connectivity index (χ4v) is 1.29. The minimum Gasteiger partial charge on any atom is -0.506 e. The van der Waals surface area contributed by atoms with Crippen molar-refractivity contribution in [3.8, 4) is 5.75 Å². The van der Waals surface area contributed by atoms with Crippen LogP contribution in [-0.4, -0.2) is 10.0 Å². The molecule has 0 bridgehead atoms. The molecule has 4 nitrogen and oxygen atoms in total. The SMILES string of the molecule is C=CCc1cc([N+](=O)[O-])cc(Cl)c1O. The van der Waals surface area contributed by atoms with E-state index in [9.17, 15) is 15.2 Å². The maximum Gasteiger partial charge on any atom is 0.271 e. The van der Waals surface area contributed by atoms with Crippen LogP contribution in [0, 0.1) is 10.1 Å². The molecule has 0 amide bonds. The van der Waals surface area contributed by atoms with Gasteiger partial charge in [0.2, 0.25) is 0 Å². The first kappa shape index (κ1) is 10.5. The second kappa shape index (κ2) is 4.11. The molecule has 1 N–H and O–H groups in total. The molecule has 0 aliphatic carbocycles. The lowest BCUT2D eigenvalue weighted by Crippen LogP contribution is -1.91. The van der Waals surface area contributed by atoms with Gasteiger partial charge in [-0.3, -0.25) is 10.1 Å². The van der Waals surface area contributed by atoms with Gasteiger partial charge in [-0.1, -0.05) is 17.7 Å². The van der Waals surface area contributed by atoms with Crippen LogP contribution in [0.15, 0.2) is 24.8 Å². The molecule has 0 unspecified atom stereocenters. The Morgan fingerprint density at radius 1 is 1.64 bits per heavy atom. The molecule has 1 rings (SSSR count). The van der Waals surface area contributed by atoms with Crippen LogP contribution >= 0.6 is 11.6 Å². The van der Waals surface area contributed by atoms with Crippen LogP contribution in [0.3, 0.4) is 0 Å². The number of phenolic OH excluding ortho intramolecular Hbond substituents is 1. The lowest BCUT2D eigenvalue weighted by atomic mass is 10.1. The summed E-state index contributed by atoms with van der Waals surface area (Å²) in [5, 5.41) is 19.9. The summed E-state index contributed by atoms with van der Waals surface area (Å²) in [6.45, 7) is 3.48. The molecular weight excluding hydrogens is 206 g/mol. The zero-order chi connectivity index (χ0) is 10.7. The van der Waals surface area contributed by atoms with Crippen molar-refractivity contribution < 1.29 is 10.0 Å². The predicted molar refractivity (Wildman–Crippen MR) is 53.7 cm³/mol. The monoisotopic (exact) mass is 213 g/mol. The maximum atomic E-state index is 10.5. The number of hydrogen-bond donors (Lipinski definition) is 1. The Morgan fingerprint density at radius 2 is 2.29 bits per heavy atom. The van der Waals surface area contributed by atoms with E-state index in [0.29, 0.717) is 12.0 Å². The van der Waals surface area contributed by atoms with E-state index < -0.39 is 4.92 Å². The Morgan fingerprint density at radius 3 is 2.79 bits per heavy atom. The fourth-order valence-electron chi connectivity index (χ4n) is 1.06. The van der Waals surface area contributed by atoms with Crippen LogP contribution in [0.5, 0.6) is 5.75 Å². The fraction of sp³-hybridized carbons (Fsp3) is 0.111. The molecule has 5 heteroatoms. The average Bonchev–Trinajstić information content (AvgIpc) is 2.12. The number of nitro benzene ring substituents is 1. The zero-order valence-electron chi connectivity index (χ0n) is 7.24. The van der Waals surface area contributed by atoms with Crippen LogP contribution in [0.25, 0.3) is 0 Å². The van der Waals surface area contributed by atoms with Gasteiger partial charge in [-0.25, -0.2) is 0 Å². The van der Waals surface area contributed by atoms with E-state index in [4.69, 9.17) is 11.6 Å². The third-order valence-electron chi connectivity index (χ3n) is 1.70. The Labute approximate surface area is 85.6 Å². The normalized spacial score (nSPS) is 9.79. The Hall–Kier alpha value is -1.55. The summed E-state index contributed by atoms with van der Waals surface area (Å²) in [6, 6.07) is 2.40. The van der Waals surface area contributed by atoms with Gasteiger partial charge in [0.1, 0.15) is 5.75 Å². The van der Waals surface area contributed by atoms with Gasteiger partial charge in [0, 0.05) is 17.7 Å². The number of non-ortho nitro benzene ring substituents is 1. The summed E-state index contributed by atoms with van der Waals surface area (Å²) in [4.78, 5) is 9.90. The van der Waals surface area contributed by atoms with Crippen molar-refractivity contribution >= 4 is 17.3 Å². The highest BCUT2D eigenvalue weighted by atomic mass is 35.5. The molecule has 0 aromatic heterocycles. The maximum absolute atomic E-state index is 10.5. The molecule has 0 aliphatic heterocycles. The van der Waals surface area contributed by atoms with Crippen molar-refractivity contribution in [2.24, 2.45) is 0 Å². The van der Waals surface area contributed by atoms with Gasteiger partial charge in [-0.2, -0.15) is 0 Å². The van der Waals surface area contributed by atoms with E-state index in [-0.39, 0.29) is 16.5 Å². The number of phenols is 1. The van der Waals surface area contributed by atoms with Crippen LogP contribution in [0.2, 0.25) is 5.02 Å². The van der Waals surface area contributed by atoms with E-state index in [0.717, 1.165) is 6.07 Å². The summed E-state index contributed by atoms with van der Waals surface area (Å²) < 4.78 is 0. The topological polar surface area (TPSA) is 63.4 Å². The third-order valence-corrected chi connectivity index (χ3v) is 1.99. The summed E-state index contributed by atoms with van der Waals surface area (Å²) in [6.07, 6.45) is 1.88. The second-order valence-electron chi connectivity index (χ2n) is 2.69. The van der Waals surface area contributed by atoms with Crippen molar-refractivity contribution in [3.05, 3.63) is 45.5 Å². The predicted octanol–water partition coefficient (Wildman–Crippen LogP) is 2.68. The molecule has 1 aromatic carbocycles. The molecule has 0 spiro atoms. The van der Waals surface area contributed by atoms with E-state index in [1.165, 1.54) is 12.1 Å². The highest BCUT2D eigenvalue weighted by Gasteiger charge is 2.13. The van der Waals surface area contributed by atoms with Crippen molar-refractivity contribution in [3.63, 3.8) is 0 Å². The Bertz CT molecular complexity index is 390. The number of allylic oxidation sites excluding steroid dienone is 1. The van der Waals surface area contributed by atoms with E-state index in [1.807, 2.05) is 0 Å². The van der Waals surface area contributed by atoms with E-state index >= 15 is 0 Å². The van der Waals surface area contributed by atoms with Gasteiger partial charge in [-0.05, 0) is 6.42 Å². The van der Waals surface area contributed by atoms with Gasteiger partial charge in [0.25, 0.3) is 5.69 Å². The van der Waals surface area contributed by atoms with Crippen LogP contribution in [0.1, 0.15) is 5.56 Å². The summed E-state index contributed by atoms with van der Waals surface area (Å²) in [5.74, 6) is -0.128. The first-order valence-corrected chi connectivity index (χ1v) is 4.20. The minimum absolute atomic E-state index is 0.0175. The van der Waals surface area contributed by atoms with Crippen molar-refractivity contribution in [2.75, 3.05) is 0 Å².